The highest BCUT2D eigenvalue weighted by molar-refractivity contribution is 5.90. The Morgan fingerprint density at radius 2 is 2.00 bits per heavy atom. The highest BCUT2D eigenvalue weighted by Gasteiger charge is 2.32. The van der Waals surface area contributed by atoms with Crippen molar-refractivity contribution in [2.24, 2.45) is 13.0 Å². The van der Waals surface area contributed by atoms with E-state index in [1.807, 2.05) is 30.2 Å². The van der Waals surface area contributed by atoms with Gasteiger partial charge >= 0.3 is 0 Å². The third-order valence-corrected chi connectivity index (χ3v) is 5.37. The Labute approximate surface area is 148 Å². The monoisotopic (exact) mass is 335 g/mol. The number of nitrogens with zero attached hydrogens (tertiary/aromatic N) is 4. The molecule has 0 aliphatic carbocycles. The largest absolute Gasteiger partial charge is 0.384 e. The SMILES string of the molecule is CN1CCC[C@@H](CNc2ccnc3ccccc23)[C@@H]1c1ccnn1C. The average Bonchev–Trinajstić information content (AvgIpc) is 3.05. The Morgan fingerprint density at radius 3 is 2.84 bits per heavy atom. The molecule has 1 aliphatic rings. The first-order valence-electron chi connectivity index (χ1n) is 9.00. The standard InChI is InChI=1S/C20H25N5/c1-24-13-5-6-15(20(24)19-10-12-23-25(19)2)14-22-18-9-11-21-17-8-4-3-7-16(17)18/h3-4,7-12,15,20H,5-6,13-14H2,1-2H3,(H,21,22)/t15-,20+/m0/s1. The summed E-state index contributed by atoms with van der Waals surface area (Å²) < 4.78 is 2.02. The van der Waals surface area contributed by atoms with Gasteiger partial charge in [0, 0.05) is 37.1 Å². The fourth-order valence-corrected chi connectivity index (χ4v) is 4.11. The molecule has 25 heavy (non-hydrogen) atoms. The molecule has 3 aromatic rings. The van der Waals surface area contributed by atoms with E-state index in [0.717, 1.165) is 18.6 Å². The number of pyridine rings is 1. The van der Waals surface area contributed by atoms with Gasteiger partial charge in [0.1, 0.15) is 0 Å². The summed E-state index contributed by atoms with van der Waals surface area (Å²) in [4.78, 5) is 6.93. The van der Waals surface area contributed by atoms with E-state index in [2.05, 4.69) is 57.7 Å². The van der Waals surface area contributed by atoms with E-state index in [1.165, 1.54) is 29.6 Å². The fraction of sp³-hybridized carbons (Fsp3) is 0.400. The number of piperidine rings is 1. The minimum atomic E-state index is 0.404. The van der Waals surface area contributed by atoms with Gasteiger partial charge in [0.2, 0.25) is 0 Å². The molecule has 4 rings (SSSR count). The first kappa shape index (κ1) is 16.1. The van der Waals surface area contributed by atoms with Crippen LogP contribution in [0.1, 0.15) is 24.6 Å². The molecule has 5 nitrogen and oxygen atoms in total. The van der Waals surface area contributed by atoms with E-state index in [-0.39, 0.29) is 0 Å². The molecule has 1 aliphatic heterocycles. The average molecular weight is 335 g/mol. The lowest BCUT2D eigenvalue weighted by Gasteiger charge is -2.39. The number of fused-ring (bicyclic) bond motifs is 1. The van der Waals surface area contributed by atoms with Gasteiger partial charge in [-0.25, -0.2) is 0 Å². The van der Waals surface area contributed by atoms with Crippen LogP contribution in [0, 0.1) is 5.92 Å². The maximum atomic E-state index is 4.46. The summed E-state index contributed by atoms with van der Waals surface area (Å²) in [5.74, 6) is 0.557. The number of aromatic nitrogens is 3. The number of benzene rings is 1. The van der Waals surface area contributed by atoms with Crippen LogP contribution in [-0.2, 0) is 7.05 Å². The predicted molar refractivity (Wildman–Crippen MR) is 102 cm³/mol. The van der Waals surface area contributed by atoms with Crippen molar-refractivity contribution in [2.75, 3.05) is 25.5 Å². The number of hydrogen-bond donors (Lipinski definition) is 1. The van der Waals surface area contributed by atoms with E-state index >= 15 is 0 Å². The Bertz CT molecular complexity index is 851. The van der Waals surface area contributed by atoms with Gasteiger partial charge in [-0.1, -0.05) is 18.2 Å². The normalized spacial score (nSPS) is 21.5. The third-order valence-electron chi connectivity index (χ3n) is 5.37. The summed E-state index contributed by atoms with van der Waals surface area (Å²) in [6, 6.07) is 12.9. The minimum Gasteiger partial charge on any atom is -0.384 e. The van der Waals surface area contributed by atoms with Crippen molar-refractivity contribution in [2.45, 2.75) is 18.9 Å². The summed E-state index contributed by atoms with van der Waals surface area (Å²) in [5, 5.41) is 9.26. The van der Waals surface area contributed by atoms with E-state index in [9.17, 15) is 0 Å². The van der Waals surface area contributed by atoms with Gasteiger partial charge in [0.15, 0.2) is 0 Å². The van der Waals surface area contributed by atoms with Crippen molar-refractivity contribution in [3.63, 3.8) is 0 Å². The summed E-state index contributed by atoms with van der Waals surface area (Å²) in [5.41, 5.74) is 3.51. The number of likely N-dealkylation sites (tertiary alicyclic amines) is 1. The summed E-state index contributed by atoms with van der Waals surface area (Å²) in [7, 11) is 4.27. The van der Waals surface area contributed by atoms with Crippen LogP contribution < -0.4 is 5.32 Å². The van der Waals surface area contributed by atoms with Gasteiger partial charge in [-0.05, 0) is 50.6 Å². The van der Waals surface area contributed by atoms with Crippen molar-refractivity contribution in [3.05, 3.63) is 54.5 Å². The molecule has 1 saturated heterocycles. The van der Waals surface area contributed by atoms with Gasteiger partial charge < -0.3 is 5.32 Å². The number of nitrogens with one attached hydrogen (secondary N) is 1. The van der Waals surface area contributed by atoms with Crippen molar-refractivity contribution in [1.29, 1.82) is 0 Å². The number of hydrogen-bond acceptors (Lipinski definition) is 4. The molecule has 0 unspecified atom stereocenters. The smallest absolute Gasteiger partial charge is 0.0722 e. The number of para-hydroxylation sites is 1. The number of anilines is 1. The highest BCUT2D eigenvalue weighted by Crippen LogP contribution is 2.35. The van der Waals surface area contributed by atoms with E-state index in [4.69, 9.17) is 0 Å². The van der Waals surface area contributed by atoms with Crippen LogP contribution in [0.15, 0.2) is 48.8 Å². The van der Waals surface area contributed by atoms with Crippen LogP contribution in [0.2, 0.25) is 0 Å². The van der Waals surface area contributed by atoms with Gasteiger partial charge in [-0.15, -0.1) is 0 Å². The molecule has 1 N–H and O–H groups in total. The highest BCUT2D eigenvalue weighted by atomic mass is 15.3. The lowest BCUT2D eigenvalue weighted by atomic mass is 9.87. The van der Waals surface area contributed by atoms with E-state index < -0.39 is 0 Å². The van der Waals surface area contributed by atoms with Crippen LogP contribution >= 0.6 is 0 Å². The lowest BCUT2D eigenvalue weighted by Crippen LogP contribution is -2.39. The maximum absolute atomic E-state index is 4.46. The molecule has 130 valence electrons. The third kappa shape index (κ3) is 3.12. The van der Waals surface area contributed by atoms with Crippen molar-refractivity contribution < 1.29 is 0 Å². The summed E-state index contributed by atoms with van der Waals surface area (Å²) in [6.07, 6.45) is 6.26. The fourth-order valence-electron chi connectivity index (χ4n) is 4.11. The lowest BCUT2D eigenvalue weighted by molar-refractivity contribution is 0.121. The zero-order chi connectivity index (χ0) is 17.2. The molecule has 0 amide bonds. The molecule has 3 heterocycles. The van der Waals surface area contributed by atoms with Crippen molar-refractivity contribution in [1.82, 2.24) is 19.7 Å². The first-order valence-corrected chi connectivity index (χ1v) is 9.00. The first-order chi connectivity index (χ1) is 12.2. The topological polar surface area (TPSA) is 46.0 Å². The van der Waals surface area contributed by atoms with Crippen LogP contribution in [-0.4, -0.2) is 39.8 Å². The van der Waals surface area contributed by atoms with Gasteiger partial charge in [0.25, 0.3) is 0 Å². The van der Waals surface area contributed by atoms with Crippen LogP contribution in [0.4, 0.5) is 5.69 Å². The predicted octanol–water partition coefficient (Wildman–Crippen LogP) is 3.46. The quantitative estimate of drug-likeness (QED) is 0.793. The van der Waals surface area contributed by atoms with Crippen molar-refractivity contribution in [3.8, 4) is 0 Å². The Hall–Kier alpha value is -2.40. The van der Waals surface area contributed by atoms with E-state index in [0.29, 0.717) is 12.0 Å². The second-order valence-corrected chi connectivity index (χ2v) is 6.96. The van der Waals surface area contributed by atoms with Crippen LogP contribution in [0.25, 0.3) is 10.9 Å². The number of aryl methyl sites for hydroxylation is 1. The molecule has 0 bridgehead atoms. The molecule has 1 aromatic carbocycles. The molecule has 2 atom stereocenters. The molecule has 1 fully saturated rings. The summed E-state index contributed by atoms with van der Waals surface area (Å²) >= 11 is 0. The Morgan fingerprint density at radius 1 is 1.12 bits per heavy atom. The molecule has 0 radical (unpaired) electrons. The van der Waals surface area contributed by atoms with Crippen molar-refractivity contribution >= 4 is 16.6 Å². The zero-order valence-electron chi connectivity index (χ0n) is 14.9. The maximum Gasteiger partial charge on any atom is 0.0722 e. The molecule has 0 saturated carbocycles. The molecule has 2 aromatic heterocycles. The molecule has 0 spiro atoms. The van der Waals surface area contributed by atoms with Crippen LogP contribution in [0.5, 0.6) is 0 Å². The minimum absolute atomic E-state index is 0.404. The second-order valence-electron chi connectivity index (χ2n) is 6.96. The van der Waals surface area contributed by atoms with E-state index in [1.54, 1.807) is 0 Å². The zero-order valence-corrected chi connectivity index (χ0v) is 14.9. The second kappa shape index (κ2) is 6.84. The molecule has 5 heteroatoms. The van der Waals surface area contributed by atoms with Gasteiger partial charge in [-0.3, -0.25) is 14.6 Å². The number of rotatable bonds is 4. The summed E-state index contributed by atoms with van der Waals surface area (Å²) in [6.45, 7) is 2.10. The Kier molecular flexibility index (Phi) is 4.40. The molecular formula is C20H25N5. The Balaban J connectivity index is 1.57. The van der Waals surface area contributed by atoms with Gasteiger partial charge in [0.05, 0.1) is 17.3 Å². The van der Waals surface area contributed by atoms with Gasteiger partial charge in [-0.2, -0.15) is 5.10 Å². The molecular weight excluding hydrogens is 310 g/mol. The van der Waals surface area contributed by atoms with Crippen LogP contribution in [0.3, 0.4) is 0 Å².